The summed E-state index contributed by atoms with van der Waals surface area (Å²) in [7, 11) is 0. The molecule has 1 fully saturated rings. The second kappa shape index (κ2) is 6.62. The van der Waals surface area contributed by atoms with Crippen molar-refractivity contribution in [1.29, 1.82) is 0 Å². The fourth-order valence-corrected chi connectivity index (χ4v) is 3.40. The average molecular weight is 281 g/mol. The lowest BCUT2D eigenvalue weighted by Crippen LogP contribution is -2.26. The third-order valence-corrected chi connectivity index (χ3v) is 4.63. The highest BCUT2D eigenvalue weighted by Crippen LogP contribution is 2.33. The molecular weight excluding hydrogens is 256 g/mol. The Kier molecular flexibility index (Phi) is 5.12. The average Bonchev–Trinajstić information content (AvgIpc) is 2.64. The van der Waals surface area contributed by atoms with Gasteiger partial charge in [-0.2, -0.15) is 0 Å². The van der Waals surface area contributed by atoms with Crippen molar-refractivity contribution >= 4 is 17.3 Å². The number of para-hydroxylation sites is 1. The summed E-state index contributed by atoms with van der Waals surface area (Å²) in [4.78, 5) is 2.44. The molecule has 0 aromatic heterocycles. The molecule has 3 heteroatoms. The normalized spacial score (nSPS) is 20.7. The molecule has 1 heterocycles. The number of nitrogens with two attached hydrogens (primary N) is 1. The zero-order valence-electron chi connectivity index (χ0n) is 12.0. The van der Waals surface area contributed by atoms with Crippen molar-refractivity contribution in [3.8, 4) is 0 Å². The van der Waals surface area contributed by atoms with E-state index in [4.69, 9.17) is 17.3 Å². The Morgan fingerprint density at radius 3 is 2.79 bits per heavy atom. The van der Waals surface area contributed by atoms with Gasteiger partial charge < -0.3 is 10.6 Å². The van der Waals surface area contributed by atoms with Gasteiger partial charge in [0, 0.05) is 19.6 Å². The van der Waals surface area contributed by atoms with Crippen LogP contribution in [0.2, 0.25) is 5.02 Å². The van der Waals surface area contributed by atoms with Crippen molar-refractivity contribution in [2.45, 2.75) is 39.7 Å². The Bertz CT molecular complexity index is 417. The maximum atomic E-state index is 6.40. The minimum absolute atomic E-state index is 0.556. The zero-order valence-corrected chi connectivity index (χ0v) is 12.8. The summed E-state index contributed by atoms with van der Waals surface area (Å²) >= 11 is 6.40. The monoisotopic (exact) mass is 280 g/mol. The Labute approximate surface area is 121 Å². The summed E-state index contributed by atoms with van der Waals surface area (Å²) in [5.41, 5.74) is 8.18. The summed E-state index contributed by atoms with van der Waals surface area (Å²) in [6, 6.07) is 6.05. The Hall–Kier alpha value is -0.730. The van der Waals surface area contributed by atoms with Crippen LogP contribution in [0.25, 0.3) is 0 Å². The number of anilines is 1. The number of hydrogen-bond donors (Lipinski definition) is 1. The van der Waals surface area contributed by atoms with Crippen LogP contribution >= 0.6 is 11.6 Å². The van der Waals surface area contributed by atoms with Crippen LogP contribution in [0.1, 0.15) is 38.7 Å². The topological polar surface area (TPSA) is 29.3 Å². The van der Waals surface area contributed by atoms with Gasteiger partial charge in [-0.15, -0.1) is 0 Å². The molecule has 0 radical (unpaired) electrons. The van der Waals surface area contributed by atoms with E-state index in [0.29, 0.717) is 6.54 Å². The molecule has 106 valence electrons. The first-order valence-electron chi connectivity index (χ1n) is 7.36. The van der Waals surface area contributed by atoms with Gasteiger partial charge in [-0.05, 0) is 42.7 Å². The van der Waals surface area contributed by atoms with E-state index in [1.165, 1.54) is 19.3 Å². The van der Waals surface area contributed by atoms with Crippen LogP contribution in [0, 0.1) is 11.8 Å². The highest BCUT2D eigenvalue weighted by Gasteiger charge is 2.22. The molecule has 19 heavy (non-hydrogen) atoms. The minimum atomic E-state index is 0.556. The fourth-order valence-electron chi connectivity index (χ4n) is 3.09. The lowest BCUT2D eigenvalue weighted by molar-refractivity contribution is 0.351. The molecule has 2 nitrogen and oxygen atoms in total. The maximum absolute atomic E-state index is 6.40. The van der Waals surface area contributed by atoms with Crippen LogP contribution in [0.5, 0.6) is 0 Å². The van der Waals surface area contributed by atoms with Crippen molar-refractivity contribution in [3.63, 3.8) is 0 Å². The van der Waals surface area contributed by atoms with E-state index in [9.17, 15) is 0 Å². The van der Waals surface area contributed by atoms with Gasteiger partial charge in [0.1, 0.15) is 0 Å². The summed E-state index contributed by atoms with van der Waals surface area (Å²) in [6.07, 6.45) is 3.83. The second-order valence-corrected chi connectivity index (χ2v) is 6.28. The van der Waals surface area contributed by atoms with Crippen LogP contribution < -0.4 is 10.6 Å². The lowest BCUT2D eigenvalue weighted by Gasteiger charge is -2.27. The van der Waals surface area contributed by atoms with Crippen LogP contribution in [-0.2, 0) is 6.54 Å². The predicted octanol–water partition coefficient (Wildman–Crippen LogP) is 4.06. The molecule has 1 unspecified atom stereocenters. The van der Waals surface area contributed by atoms with E-state index in [0.717, 1.165) is 41.2 Å². The predicted molar refractivity (Wildman–Crippen MR) is 83.7 cm³/mol. The SMILES string of the molecule is CC(C)C1CCCN(c2c(Cl)cccc2CN)CC1. The van der Waals surface area contributed by atoms with Crippen molar-refractivity contribution in [2.75, 3.05) is 18.0 Å². The summed E-state index contributed by atoms with van der Waals surface area (Å²) in [5, 5.41) is 0.839. The van der Waals surface area contributed by atoms with E-state index in [1.807, 2.05) is 12.1 Å². The molecule has 1 aliphatic heterocycles. The quantitative estimate of drug-likeness (QED) is 0.905. The Balaban J connectivity index is 2.18. The summed E-state index contributed by atoms with van der Waals surface area (Å²) in [5.74, 6) is 1.62. The van der Waals surface area contributed by atoms with E-state index in [-0.39, 0.29) is 0 Å². The van der Waals surface area contributed by atoms with Crippen molar-refractivity contribution in [1.82, 2.24) is 0 Å². The highest BCUT2D eigenvalue weighted by atomic mass is 35.5. The van der Waals surface area contributed by atoms with Crippen LogP contribution in [0.3, 0.4) is 0 Å². The van der Waals surface area contributed by atoms with Crippen LogP contribution in [0.4, 0.5) is 5.69 Å². The lowest BCUT2D eigenvalue weighted by atomic mass is 9.89. The second-order valence-electron chi connectivity index (χ2n) is 5.87. The number of nitrogens with zero attached hydrogens (tertiary/aromatic N) is 1. The largest absolute Gasteiger partial charge is 0.370 e. The van der Waals surface area contributed by atoms with E-state index in [2.05, 4.69) is 24.8 Å². The van der Waals surface area contributed by atoms with Crippen LogP contribution in [0.15, 0.2) is 18.2 Å². The van der Waals surface area contributed by atoms with Gasteiger partial charge in [0.2, 0.25) is 0 Å². The van der Waals surface area contributed by atoms with Gasteiger partial charge >= 0.3 is 0 Å². The number of rotatable bonds is 3. The van der Waals surface area contributed by atoms with Gasteiger partial charge in [0.25, 0.3) is 0 Å². The highest BCUT2D eigenvalue weighted by molar-refractivity contribution is 6.33. The molecule has 1 aromatic rings. The molecule has 1 saturated heterocycles. The molecule has 2 N–H and O–H groups in total. The van der Waals surface area contributed by atoms with Crippen molar-refractivity contribution in [2.24, 2.45) is 17.6 Å². The van der Waals surface area contributed by atoms with Crippen molar-refractivity contribution < 1.29 is 0 Å². The molecule has 1 aromatic carbocycles. The number of halogens is 1. The van der Waals surface area contributed by atoms with Crippen LogP contribution in [-0.4, -0.2) is 13.1 Å². The van der Waals surface area contributed by atoms with E-state index in [1.54, 1.807) is 0 Å². The Morgan fingerprint density at radius 1 is 1.32 bits per heavy atom. The minimum Gasteiger partial charge on any atom is -0.370 e. The van der Waals surface area contributed by atoms with E-state index >= 15 is 0 Å². The van der Waals surface area contributed by atoms with Gasteiger partial charge in [-0.3, -0.25) is 0 Å². The summed E-state index contributed by atoms with van der Waals surface area (Å²) in [6.45, 7) is 7.42. The first-order chi connectivity index (χ1) is 9.13. The standard InChI is InChI=1S/C16H25ClN2/c1-12(2)13-6-4-9-19(10-8-13)16-14(11-18)5-3-7-15(16)17/h3,5,7,12-13H,4,6,8-11,18H2,1-2H3. The first-order valence-corrected chi connectivity index (χ1v) is 7.73. The first kappa shape index (κ1) is 14.7. The smallest absolute Gasteiger partial charge is 0.0642 e. The molecule has 1 atom stereocenters. The van der Waals surface area contributed by atoms with Gasteiger partial charge in [0.05, 0.1) is 10.7 Å². The fraction of sp³-hybridized carbons (Fsp3) is 0.625. The molecule has 2 rings (SSSR count). The molecule has 0 aliphatic carbocycles. The molecule has 1 aliphatic rings. The third kappa shape index (κ3) is 3.43. The van der Waals surface area contributed by atoms with Gasteiger partial charge in [-0.25, -0.2) is 0 Å². The Morgan fingerprint density at radius 2 is 2.11 bits per heavy atom. The third-order valence-electron chi connectivity index (χ3n) is 4.32. The van der Waals surface area contributed by atoms with Gasteiger partial charge in [0.15, 0.2) is 0 Å². The maximum Gasteiger partial charge on any atom is 0.0642 e. The van der Waals surface area contributed by atoms with E-state index < -0.39 is 0 Å². The molecule has 0 amide bonds. The number of hydrogen-bond acceptors (Lipinski definition) is 2. The summed E-state index contributed by atoms with van der Waals surface area (Å²) < 4.78 is 0. The molecule has 0 saturated carbocycles. The number of benzene rings is 1. The van der Waals surface area contributed by atoms with Crippen molar-refractivity contribution in [3.05, 3.63) is 28.8 Å². The molecule has 0 bridgehead atoms. The molecule has 0 spiro atoms. The zero-order chi connectivity index (χ0) is 13.8. The molecular formula is C16H25ClN2. The van der Waals surface area contributed by atoms with Gasteiger partial charge in [-0.1, -0.05) is 37.6 Å².